The molecule has 1 aliphatic heterocycles. The van der Waals surface area contributed by atoms with Gasteiger partial charge in [0.2, 0.25) is 0 Å². The highest BCUT2D eigenvalue weighted by molar-refractivity contribution is 5.50. The highest BCUT2D eigenvalue weighted by atomic mass is 19.1. The fourth-order valence-electron chi connectivity index (χ4n) is 2.48. The third-order valence-corrected chi connectivity index (χ3v) is 3.51. The quantitative estimate of drug-likeness (QED) is 0.884. The van der Waals surface area contributed by atoms with E-state index in [4.69, 9.17) is 0 Å². The summed E-state index contributed by atoms with van der Waals surface area (Å²) in [5.74, 6) is -1.25. The molecular formula is C13H19F2N3O. The average molecular weight is 271 g/mol. The molecule has 6 heteroatoms. The van der Waals surface area contributed by atoms with Crippen molar-refractivity contribution in [2.24, 2.45) is 0 Å². The first kappa shape index (κ1) is 14.0. The average Bonchev–Trinajstić information content (AvgIpc) is 2.64. The maximum Gasteiger partial charge on any atom is 0.168 e. The van der Waals surface area contributed by atoms with Gasteiger partial charge in [-0.2, -0.15) is 0 Å². The molecule has 1 aromatic heterocycles. The number of anilines is 2. The number of pyridine rings is 1. The van der Waals surface area contributed by atoms with E-state index in [-0.39, 0.29) is 24.3 Å². The molecule has 0 bridgehead atoms. The lowest BCUT2D eigenvalue weighted by atomic mass is 10.1. The molecule has 1 fully saturated rings. The molecule has 0 amide bonds. The number of hydrogen-bond donors (Lipinski definition) is 2. The first-order valence-electron chi connectivity index (χ1n) is 6.58. The van der Waals surface area contributed by atoms with E-state index in [9.17, 15) is 13.9 Å². The second-order valence-corrected chi connectivity index (χ2v) is 4.75. The number of aliphatic hydroxyl groups is 1. The van der Waals surface area contributed by atoms with E-state index in [2.05, 4.69) is 10.3 Å². The minimum atomic E-state index is -0.709. The standard InChI is InChI=1S/C13H19F2N3O/c1-16-12-10(14)7-11(15)13(17-12)18-6-4-2-3-5-9(18)8-19/h7,9,19H,2-6,8H2,1H3,(H,16,17). The Labute approximate surface area is 111 Å². The van der Waals surface area contributed by atoms with Gasteiger partial charge < -0.3 is 15.3 Å². The Morgan fingerprint density at radius 2 is 2.16 bits per heavy atom. The summed E-state index contributed by atoms with van der Waals surface area (Å²) in [7, 11) is 1.54. The van der Waals surface area contributed by atoms with Crippen molar-refractivity contribution in [3.63, 3.8) is 0 Å². The van der Waals surface area contributed by atoms with Crippen LogP contribution in [-0.2, 0) is 0 Å². The predicted molar refractivity (Wildman–Crippen MR) is 70.4 cm³/mol. The molecular weight excluding hydrogens is 252 g/mol. The fraction of sp³-hybridized carbons (Fsp3) is 0.615. The molecule has 1 aromatic rings. The van der Waals surface area contributed by atoms with Crippen LogP contribution in [0.15, 0.2) is 6.07 Å². The lowest BCUT2D eigenvalue weighted by Gasteiger charge is -2.30. The molecule has 1 aliphatic rings. The smallest absolute Gasteiger partial charge is 0.168 e. The summed E-state index contributed by atoms with van der Waals surface area (Å²) in [6.07, 6.45) is 3.77. The Morgan fingerprint density at radius 3 is 2.84 bits per heavy atom. The van der Waals surface area contributed by atoms with E-state index >= 15 is 0 Å². The molecule has 19 heavy (non-hydrogen) atoms. The minimum Gasteiger partial charge on any atom is -0.394 e. The van der Waals surface area contributed by atoms with Crippen molar-refractivity contribution in [2.45, 2.75) is 31.7 Å². The van der Waals surface area contributed by atoms with Gasteiger partial charge in [-0.05, 0) is 12.8 Å². The summed E-state index contributed by atoms with van der Waals surface area (Å²) in [4.78, 5) is 5.76. The molecule has 0 spiro atoms. The summed E-state index contributed by atoms with van der Waals surface area (Å²) in [6, 6.07) is 0.688. The van der Waals surface area contributed by atoms with Gasteiger partial charge in [0.1, 0.15) is 0 Å². The van der Waals surface area contributed by atoms with Crippen LogP contribution in [0, 0.1) is 11.6 Å². The molecule has 2 N–H and O–H groups in total. The van der Waals surface area contributed by atoms with Crippen molar-refractivity contribution >= 4 is 11.6 Å². The van der Waals surface area contributed by atoms with E-state index in [1.807, 2.05) is 0 Å². The largest absolute Gasteiger partial charge is 0.394 e. The van der Waals surface area contributed by atoms with Gasteiger partial charge in [0.25, 0.3) is 0 Å². The van der Waals surface area contributed by atoms with E-state index in [1.165, 1.54) is 0 Å². The van der Waals surface area contributed by atoms with Gasteiger partial charge in [0.05, 0.1) is 12.6 Å². The Hall–Kier alpha value is -1.43. The molecule has 0 radical (unpaired) electrons. The summed E-state index contributed by atoms with van der Waals surface area (Å²) >= 11 is 0. The van der Waals surface area contributed by atoms with Crippen LogP contribution in [0.3, 0.4) is 0 Å². The number of nitrogens with zero attached hydrogens (tertiary/aromatic N) is 2. The summed E-state index contributed by atoms with van der Waals surface area (Å²) in [5.41, 5.74) is 0. The molecule has 2 heterocycles. The summed E-state index contributed by atoms with van der Waals surface area (Å²) in [6.45, 7) is 0.581. The predicted octanol–water partition coefficient (Wildman–Crippen LogP) is 2.14. The number of hydrogen-bond acceptors (Lipinski definition) is 4. The van der Waals surface area contributed by atoms with Crippen LogP contribution in [0.4, 0.5) is 20.4 Å². The van der Waals surface area contributed by atoms with Crippen molar-refractivity contribution in [1.82, 2.24) is 4.98 Å². The summed E-state index contributed by atoms with van der Waals surface area (Å²) in [5, 5.41) is 12.0. The zero-order chi connectivity index (χ0) is 13.8. The molecule has 1 saturated heterocycles. The van der Waals surface area contributed by atoms with Crippen LogP contribution in [0.25, 0.3) is 0 Å². The van der Waals surface area contributed by atoms with Crippen molar-refractivity contribution in [3.8, 4) is 0 Å². The van der Waals surface area contributed by atoms with Crippen LogP contribution in [0.1, 0.15) is 25.7 Å². The number of nitrogens with one attached hydrogen (secondary N) is 1. The molecule has 0 aromatic carbocycles. The third-order valence-electron chi connectivity index (χ3n) is 3.51. The van der Waals surface area contributed by atoms with Crippen LogP contribution in [0.5, 0.6) is 0 Å². The molecule has 4 nitrogen and oxygen atoms in total. The van der Waals surface area contributed by atoms with Crippen molar-refractivity contribution in [2.75, 3.05) is 30.4 Å². The first-order valence-corrected chi connectivity index (χ1v) is 6.58. The highest BCUT2D eigenvalue weighted by Gasteiger charge is 2.25. The Balaban J connectivity index is 2.37. The van der Waals surface area contributed by atoms with Gasteiger partial charge in [0, 0.05) is 19.7 Å². The second kappa shape index (κ2) is 6.14. The van der Waals surface area contributed by atoms with Crippen molar-refractivity contribution in [3.05, 3.63) is 17.7 Å². The van der Waals surface area contributed by atoms with E-state index < -0.39 is 11.6 Å². The Morgan fingerprint density at radius 1 is 1.37 bits per heavy atom. The maximum absolute atomic E-state index is 13.9. The molecule has 106 valence electrons. The molecule has 0 aliphatic carbocycles. The van der Waals surface area contributed by atoms with Crippen LogP contribution < -0.4 is 10.2 Å². The van der Waals surface area contributed by atoms with Gasteiger partial charge in [-0.3, -0.25) is 0 Å². The molecule has 1 atom stereocenters. The molecule has 0 saturated carbocycles. The van der Waals surface area contributed by atoms with Crippen molar-refractivity contribution < 1.29 is 13.9 Å². The van der Waals surface area contributed by atoms with E-state index in [0.29, 0.717) is 6.54 Å². The lowest BCUT2D eigenvalue weighted by molar-refractivity contribution is 0.254. The second-order valence-electron chi connectivity index (χ2n) is 4.75. The SMILES string of the molecule is CNc1nc(N2CCCCCC2CO)c(F)cc1F. The van der Waals surface area contributed by atoms with Crippen molar-refractivity contribution in [1.29, 1.82) is 0 Å². The maximum atomic E-state index is 13.9. The fourth-order valence-corrected chi connectivity index (χ4v) is 2.48. The van der Waals surface area contributed by atoms with Gasteiger partial charge in [-0.1, -0.05) is 12.8 Å². The van der Waals surface area contributed by atoms with Crippen LogP contribution in [0.2, 0.25) is 0 Å². The molecule has 2 rings (SSSR count). The molecule has 1 unspecified atom stereocenters. The van der Waals surface area contributed by atoms with E-state index in [1.54, 1.807) is 11.9 Å². The van der Waals surface area contributed by atoms with Gasteiger partial charge in [0.15, 0.2) is 23.3 Å². The summed E-state index contributed by atoms with van der Waals surface area (Å²) < 4.78 is 27.4. The van der Waals surface area contributed by atoms with E-state index in [0.717, 1.165) is 31.7 Å². The van der Waals surface area contributed by atoms with Gasteiger partial charge in [-0.15, -0.1) is 0 Å². The Kier molecular flexibility index (Phi) is 4.52. The number of aliphatic hydroxyl groups excluding tert-OH is 1. The van der Waals surface area contributed by atoms with Gasteiger partial charge >= 0.3 is 0 Å². The van der Waals surface area contributed by atoms with Gasteiger partial charge in [-0.25, -0.2) is 13.8 Å². The zero-order valence-electron chi connectivity index (χ0n) is 11.0. The van der Waals surface area contributed by atoms with Crippen LogP contribution in [-0.4, -0.2) is 36.3 Å². The lowest BCUT2D eigenvalue weighted by Crippen LogP contribution is -2.38. The monoisotopic (exact) mass is 271 g/mol. The number of halogens is 2. The zero-order valence-corrected chi connectivity index (χ0v) is 11.0. The normalized spacial score (nSPS) is 20.2. The highest BCUT2D eigenvalue weighted by Crippen LogP contribution is 2.27. The number of rotatable bonds is 3. The third kappa shape index (κ3) is 2.94. The topological polar surface area (TPSA) is 48.4 Å². The number of aromatic nitrogens is 1. The first-order chi connectivity index (χ1) is 9.17. The minimum absolute atomic E-state index is 0.0253. The van der Waals surface area contributed by atoms with Crippen LogP contribution >= 0.6 is 0 Å². The Bertz CT molecular complexity index is 442.